The summed E-state index contributed by atoms with van der Waals surface area (Å²) in [7, 11) is 0. The van der Waals surface area contributed by atoms with E-state index in [0.29, 0.717) is 17.8 Å². The fraction of sp³-hybridized carbons (Fsp3) is 0.529. The summed E-state index contributed by atoms with van der Waals surface area (Å²) in [4.78, 5) is 23.6. The Balaban J connectivity index is 1.47. The number of carbonyl (C=O) groups excluding carboxylic acids is 1. The lowest BCUT2D eigenvalue weighted by Crippen LogP contribution is -2.26. The maximum absolute atomic E-state index is 12.5. The molecule has 0 radical (unpaired) electrons. The summed E-state index contributed by atoms with van der Waals surface area (Å²) in [6.07, 6.45) is 6.42. The second kappa shape index (κ2) is 5.89. The van der Waals surface area contributed by atoms with Gasteiger partial charge in [-0.2, -0.15) is 9.36 Å². The Labute approximate surface area is 139 Å². The Bertz CT molecular complexity index is 807. The number of carbonyl (C=O) groups is 1. The molecule has 2 fully saturated rings. The van der Waals surface area contributed by atoms with Crippen LogP contribution in [0.15, 0.2) is 29.1 Å². The van der Waals surface area contributed by atoms with E-state index in [1.165, 1.54) is 35.0 Å². The quantitative estimate of drug-likeness (QED) is 0.896. The summed E-state index contributed by atoms with van der Waals surface area (Å²) in [6, 6.07) is 6.46. The number of nitrogens with two attached hydrogens (primary N) is 1. The maximum Gasteiger partial charge on any atom is 0.368 e. The van der Waals surface area contributed by atoms with Gasteiger partial charge in [0.05, 0.1) is 5.69 Å². The summed E-state index contributed by atoms with van der Waals surface area (Å²) in [5.41, 5.74) is 5.95. The van der Waals surface area contributed by atoms with Crippen LogP contribution in [0.25, 0.3) is 5.69 Å². The third-order valence-corrected chi connectivity index (χ3v) is 5.63. The van der Waals surface area contributed by atoms with Crippen molar-refractivity contribution in [2.24, 2.45) is 23.5 Å². The van der Waals surface area contributed by atoms with Gasteiger partial charge in [0.2, 0.25) is 5.91 Å². The molecule has 3 unspecified atom stereocenters. The van der Waals surface area contributed by atoms with Gasteiger partial charge < -0.3 is 5.73 Å². The Morgan fingerprint density at radius 3 is 2.58 bits per heavy atom. The van der Waals surface area contributed by atoms with Gasteiger partial charge in [-0.1, -0.05) is 6.42 Å². The Morgan fingerprint density at radius 2 is 1.96 bits per heavy atom. The number of hydrogen-bond donors (Lipinski definition) is 1. The van der Waals surface area contributed by atoms with Crippen LogP contribution < -0.4 is 11.4 Å². The summed E-state index contributed by atoms with van der Waals surface area (Å²) in [5, 5.41) is 7.95. The van der Waals surface area contributed by atoms with E-state index >= 15 is 0 Å². The van der Waals surface area contributed by atoms with Gasteiger partial charge in [0.1, 0.15) is 0 Å². The second-order valence-electron chi connectivity index (χ2n) is 7.03. The maximum atomic E-state index is 12.5. The number of amides is 1. The molecule has 1 aromatic carbocycles. The normalized spacial score (nSPS) is 25.2. The van der Waals surface area contributed by atoms with E-state index in [4.69, 9.17) is 5.73 Å². The number of aryl methyl sites for hydroxylation is 1. The van der Waals surface area contributed by atoms with E-state index in [0.717, 1.165) is 24.2 Å². The van der Waals surface area contributed by atoms with Crippen molar-refractivity contribution in [2.75, 3.05) is 0 Å². The fourth-order valence-corrected chi connectivity index (χ4v) is 4.36. The Morgan fingerprint density at radius 1 is 1.17 bits per heavy atom. The number of aromatic nitrogens is 4. The number of primary amides is 1. The van der Waals surface area contributed by atoms with Crippen LogP contribution in [0, 0.1) is 17.8 Å². The first-order valence-corrected chi connectivity index (χ1v) is 8.55. The lowest BCUT2D eigenvalue weighted by atomic mass is 9.86. The van der Waals surface area contributed by atoms with Gasteiger partial charge in [0.15, 0.2) is 0 Å². The van der Waals surface area contributed by atoms with E-state index in [1.807, 2.05) is 0 Å². The molecule has 1 amide bonds. The lowest BCUT2D eigenvalue weighted by molar-refractivity contribution is 0.100. The molecule has 2 aliphatic carbocycles. The van der Waals surface area contributed by atoms with Crippen molar-refractivity contribution in [3.05, 3.63) is 40.3 Å². The topological polar surface area (TPSA) is 95.8 Å². The summed E-state index contributed by atoms with van der Waals surface area (Å²) in [6.45, 7) is 0.617. The minimum Gasteiger partial charge on any atom is -0.366 e. The van der Waals surface area contributed by atoms with E-state index in [-0.39, 0.29) is 5.69 Å². The van der Waals surface area contributed by atoms with Crippen LogP contribution in [-0.2, 0) is 6.54 Å². The van der Waals surface area contributed by atoms with Crippen LogP contribution in [0.4, 0.5) is 0 Å². The third-order valence-electron chi connectivity index (χ3n) is 5.63. The van der Waals surface area contributed by atoms with E-state index < -0.39 is 5.91 Å². The molecule has 126 valence electrons. The molecule has 3 atom stereocenters. The smallest absolute Gasteiger partial charge is 0.366 e. The number of rotatable bonds is 5. The molecule has 7 nitrogen and oxygen atoms in total. The van der Waals surface area contributed by atoms with E-state index in [2.05, 4.69) is 10.4 Å². The zero-order chi connectivity index (χ0) is 16.7. The average Bonchev–Trinajstić information content (AvgIpc) is 3.29. The van der Waals surface area contributed by atoms with Crippen LogP contribution in [0.5, 0.6) is 0 Å². The summed E-state index contributed by atoms with van der Waals surface area (Å²) in [5.74, 6) is 2.00. The molecule has 2 N–H and O–H groups in total. The number of hydrogen-bond acceptors (Lipinski definition) is 4. The zero-order valence-electron chi connectivity index (χ0n) is 13.5. The molecule has 2 aliphatic rings. The van der Waals surface area contributed by atoms with E-state index in [1.54, 1.807) is 24.3 Å². The molecule has 0 aliphatic heterocycles. The third kappa shape index (κ3) is 2.64. The van der Waals surface area contributed by atoms with Crippen LogP contribution in [0.3, 0.4) is 0 Å². The highest BCUT2D eigenvalue weighted by Gasteiger charge is 2.39. The van der Waals surface area contributed by atoms with Crippen LogP contribution in [0.2, 0.25) is 0 Å². The molecule has 24 heavy (non-hydrogen) atoms. The Hall–Kier alpha value is -2.44. The van der Waals surface area contributed by atoms with Gasteiger partial charge in [0, 0.05) is 12.1 Å². The molecule has 1 aromatic heterocycles. The van der Waals surface area contributed by atoms with Crippen molar-refractivity contribution in [3.63, 3.8) is 0 Å². The second-order valence-corrected chi connectivity index (χ2v) is 7.03. The van der Waals surface area contributed by atoms with Crippen LogP contribution in [0.1, 0.15) is 42.5 Å². The number of tetrazole rings is 1. The SMILES string of the molecule is NC(=O)c1ccc(-n2nnn(CCC3CC4CCC3C4)c2=O)cc1. The highest BCUT2D eigenvalue weighted by atomic mass is 16.2. The standard InChI is InChI=1S/C17H21N5O2/c18-16(23)12-3-5-15(6-4-12)22-17(24)21(19-20-22)8-7-14-10-11-1-2-13(14)9-11/h3-6,11,13-14H,1-2,7-10H2,(H2,18,23). The summed E-state index contributed by atoms with van der Waals surface area (Å²) >= 11 is 0. The average molecular weight is 327 g/mol. The van der Waals surface area contributed by atoms with Gasteiger partial charge in [-0.05, 0) is 78.1 Å². The predicted molar refractivity (Wildman–Crippen MR) is 87.7 cm³/mol. The molecular formula is C17H21N5O2. The van der Waals surface area contributed by atoms with Crippen LogP contribution >= 0.6 is 0 Å². The van der Waals surface area contributed by atoms with Gasteiger partial charge in [0.25, 0.3) is 0 Å². The first kappa shape index (κ1) is 15.1. The van der Waals surface area contributed by atoms with Crippen LogP contribution in [-0.4, -0.2) is 25.7 Å². The molecule has 0 spiro atoms. The molecule has 4 rings (SSSR count). The van der Waals surface area contributed by atoms with Crippen molar-refractivity contribution < 1.29 is 4.79 Å². The monoisotopic (exact) mass is 327 g/mol. The molecule has 0 saturated heterocycles. The van der Waals surface area contributed by atoms with Crippen molar-refractivity contribution in [1.29, 1.82) is 0 Å². The number of benzene rings is 1. The molecule has 2 bridgehead atoms. The van der Waals surface area contributed by atoms with Gasteiger partial charge in [-0.15, -0.1) is 0 Å². The molecular weight excluding hydrogens is 306 g/mol. The first-order chi connectivity index (χ1) is 11.6. The van der Waals surface area contributed by atoms with Crippen molar-refractivity contribution >= 4 is 5.91 Å². The zero-order valence-corrected chi connectivity index (χ0v) is 13.5. The van der Waals surface area contributed by atoms with Gasteiger partial charge in [-0.25, -0.2) is 4.79 Å². The first-order valence-electron chi connectivity index (χ1n) is 8.55. The van der Waals surface area contributed by atoms with Gasteiger partial charge in [-0.3, -0.25) is 4.79 Å². The number of nitrogens with zero attached hydrogens (tertiary/aromatic N) is 4. The molecule has 2 aromatic rings. The minimum absolute atomic E-state index is 0.245. The largest absolute Gasteiger partial charge is 0.368 e. The van der Waals surface area contributed by atoms with Crippen molar-refractivity contribution in [3.8, 4) is 5.69 Å². The number of fused-ring (bicyclic) bond motifs is 2. The van der Waals surface area contributed by atoms with Gasteiger partial charge >= 0.3 is 5.69 Å². The van der Waals surface area contributed by atoms with E-state index in [9.17, 15) is 9.59 Å². The fourth-order valence-electron chi connectivity index (χ4n) is 4.36. The van der Waals surface area contributed by atoms with Crippen molar-refractivity contribution in [2.45, 2.75) is 38.6 Å². The summed E-state index contributed by atoms with van der Waals surface area (Å²) < 4.78 is 2.69. The van der Waals surface area contributed by atoms with Crippen molar-refractivity contribution in [1.82, 2.24) is 19.8 Å². The highest BCUT2D eigenvalue weighted by Crippen LogP contribution is 2.49. The molecule has 2 saturated carbocycles. The highest BCUT2D eigenvalue weighted by molar-refractivity contribution is 5.92. The lowest BCUT2D eigenvalue weighted by Gasteiger charge is -2.20. The molecule has 1 heterocycles. The predicted octanol–water partition coefficient (Wildman–Crippen LogP) is 1.35. The molecule has 7 heteroatoms. The minimum atomic E-state index is -0.497. The Kier molecular flexibility index (Phi) is 3.70.